The minimum atomic E-state index is -0.445. The third kappa shape index (κ3) is 11.4. The first-order chi connectivity index (χ1) is 11.9. The highest BCUT2D eigenvalue weighted by Crippen LogP contribution is 2.24. The first-order valence-electron chi connectivity index (χ1n) is 9.69. The van der Waals surface area contributed by atoms with Crippen LogP contribution in [0, 0.1) is 5.92 Å². The maximum Gasteiger partial charge on any atom is 0.407 e. The van der Waals surface area contributed by atoms with Crippen molar-refractivity contribution < 1.29 is 19.0 Å². The summed E-state index contributed by atoms with van der Waals surface area (Å²) in [5.74, 6) is 0.485. The molecule has 0 saturated heterocycles. The molecule has 2 N–H and O–H groups in total. The molecule has 0 aromatic rings. The molecule has 0 spiro atoms. The second-order valence-electron chi connectivity index (χ2n) is 7.80. The smallest absolute Gasteiger partial charge is 0.407 e. The zero-order valence-corrected chi connectivity index (χ0v) is 16.6. The number of nitrogens with one attached hydrogen (secondary N) is 2. The molecular formula is C19H38N2O4. The number of rotatable bonds is 11. The van der Waals surface area contributed by atoms with E-state index < -0.39 is 5.60 Å². The lowest BCUT2D eigenvalue weighted by Crippen LogP contribution is -2.45. The molecular weight excluding hydrogens is 320 g/mol. The van der Waals surface area contributed by atoms with Crippen LogP contribution in [-0.2, 0) is 14.2 Å². The highest BCUT2D eigenvalue weighted by Gasteiger charge is 2.25. The number of carbonyl (C=O) groups excluding carboxylic acids is 1. The second-order valence-corrected chi connectivity index (χ2v) is 7.80. The number of alkyl carbamates (subject to hydrolysis) is 1. The van der Waals surface area contributed by atoms with E-state index in [0.717, 1.165) is 32.4 Å². The zero-order valence-electron chi connectivity index (χ0n) is 16.6. The fourth-order valence-corrected chi connectivity index (χ4v) is 3.11. The Bertz CT molecular complexity index is 358. The van der Waals surface area contributed by atoms with Gasteiger partial charge in [0.15, 0.2) is 0 Å². The Morgan fingerprint density at radius 2 is 1.84 bits per heavy atom. The predicted octanol–water partition coefficient (Wildman–Crippen LogP) is 3.10. The Balaban J connectivity index is 2.17. The molecule has 148 valence electrons. The van der Waals surface area contributed by atoms with Gasteiger partial charge in [-0.3, -0.25) is 0 Å². The van der Waals surface area contributed by atoms with Gasteiger partial charge in [-0.2, -0.15) is 0 Å². The van der Waals surface area contributed by atoms with Gasteiger partial charge in [0, 0.05) is 26.3 Å². The van der Waals surface area contributed by atoms with E-state index in [0.29, 0.717) is 31.7 Å². The molecule has 6 nitrogen and oxygen atoms in total. The van der Waals surface area contributed by atoms with Gasteiger partial charge in [0.1, 0.15) is 5.60 Å². The number of carbonyl (C=O) groups is 1. The number of ether oxygens (including phenoxy) is 3. The summed E-state index contributed by atoms with van der Waals surface area (Å²) < 4.78 is 15.8. The summed E-state index contributed by atoms with van der Waals surface area (Å²) in [6.07, 6.45) is 6.70. The van der Waals surface area contributed by atoms with Crippen LogP contribution in [0.5, 0.6) is 0 Å². The molecule has 0 bridgehead atoms. The molecule has 1 aliphatic carbocycles. The summed E-state index contributed by atoms with van der Waals surface area (Å²) in [6, 6.07) is 0.484. The first kappa shape index (κ1) is 22.2. The minimum Gasteiger partial charge on any atom is -0.444 e. The van der Waals surface area contributed by atoms with Gasteiger partial charge < -0.3 is 24.8 Å². The topological polar surface area (TPSA) is 68.8 Å². The van der Waals surface area contributed by atoms with E-state index in [-0.39, 0.29) is 6.09 Å². The van der Waals surface area contributed by atoms with E-state index in [1.807, 2.05) is 20.8 Å². The normalized spacial score (nSPS) is 21.1. The highest BCUT2D eigenvalue weighted by molar-refractivity contribution is 5.67. The summed E-state index contributed by atoms with van der Waals surface area (Å²) in [4.78, 5) is 11.8. The van der Waals surface area contributed by atoms with Crippen molar-refractivity contribution in [1.29, 1.82) is 0 Å². The zero-order chi connectivity index (χ0) is 18.5. The molecule has 1 saturated carbocycles. The third-order valence-corrected chi connectivity index (χ3v) is 4.37. The van der Waals surface area contributed by atoms with Gasteiger partial charge in [-0.25, -0.2) is 4.79 Å². The Morgan fingerprint density at radius 1 is 1.08 bits per heavy atom. The van der Waals surface area contributed by atoms with Gasteiger partial charge in [0.25, 0.3) is 0 Å². The molecule has 6 heteroatoms. The van der Waals surface area contributed by atoms with E-state index in [4.69, 9.17) is 14.2 Å². The van der Waals surface area contributed by atoms with Crippen LogP contribution in [0.2, 0.25) is 0 Å². The van der Waals surface area contributed by atoms with Crippen LogP contribution in [0.1, 0.15) is 59.3 Å². The monoisotopic (exact) mass is 358 g/mol. The third-order valence-electron chi connectivity index (χ3n) is 4.37. The van der Waals surface area contributed by atoms with Crippen molar-refractivity contribution in [3.63, 3.8) is 0 Å². The molecule has 0 radical (unpaired) electrons. The van der Waals surface area contributed by atoms with Crippen LogP contribution in [0.25, 0.3) is 0 Å². The summed E-state index contributed by atoms with van der Waals surface area (Å²) >= 11 is 0. The molecule has 1 fully saturated rings. The van der Waals surface area contributed by atoms with Gasteiger partial charge in [0.2, 0.25) is 0 Å². The second kappa shape index (κ2) is 12.5. The van der Waals surface area contributed by atoms with Gasteiger partial charge in [-0.15, -0.1) is 0 Å². The Hall–Kier alpha value is -0.850. The average molecular weight is 359 g/mol. The minimum absolute atomic E-state index is 0.315. The van der Waals surface area contributed by atoms with Gasteiger partial charge in [-0.05, 0) is 58.9 Å². The van der Waals surface area contributed by atoms with Crippen LogP contribution < -0.4 is 10.6 Å². The first-order valence-corrected chi connectivity index (χ1v) is 9.69. The fraction of sp³-hybridized carbons (Fsp3) is 0.947. The van der Waals surface area contributed by atoms with Gasteiger partial charge in [0.05, 0.1) is 13.2 Å². The SMILES string of the molecule is COCCOCCCCNC1CCCCC1CNC(=O)OC(C)(C)C. The largest absolute Gasteiger partial charge is 0.444 e. The fourth-order valence-electron chi connectivity index (χ4n) is 3.11. The summed E-state index contributed by atoms with van der Waals surface area (Å²) in [5.41, 5.74) is -0.445. The standard InChI is InChI=1S/C19H38N2O4/c1-19(2,3)25-18(22)21-15-16-9-5-6-10-17(16)20-11-7-8-12-24-14-13-23-4/h16-17,20H,5-15H2,1-4H3,(H,21,22). The molecule has 0 aromatic heterocycles. The van der Waals surface area contributed by atoms with Crippen LogP contribution in [0.3, 0.4) is 0 Å². The number of amides is 1. The summed E-state index contributed by atoms with van der Waals surface area (Å²) in [6.45, 7) is 9.47. The van der Waals surface area contributed by atoms with Crippen molar-refractivity contribution in [2.75, 3.05) is 40.0 Å². The Kier molecular flexibility index (Phi) is 11.1. The number of unbranched alkanes of at least 4 members (excludes halogenated alkanes) is 1. The van der Waals surface area contributed by atoms with Crippen LogP contribution >= 0.6 is 0 Å². The lowest BCUT2D eigenvalue weighted by molar-refractivity contribution is 0.0510. The summed E-state index contributed by atoms with van der Waals surface area (Å²) in [5, 5.41) is 6.61. The Morgan fingerprint density at radius 3 is 2.56 bits per heavy atom. The number of hydrogen-bond acceptors (Lipinski definition) is 5. The maximum absolute atomic E-state index is 11.8. The molecule has 1 amide bonds. The van der Waals surface area contributed by atoms with E-state index in [9.17, 15) is 4.79 Å². The molecule has 0 heterocycles. The van der Waals surface area contributed by atoms with Crippen molar-refractivity contribution >= 4 is 6.09 Å². The Labute approximate surface area is 153 Å². The molecule has 0 aromatic carbocycles. The van der Waals surface area contributed by atoms with Crippen molar-refractivity contribution in [2.24, 2.45) is 5.92 Å². The predicted molar refractivity (Wildman–Crippen MR) is 99.9 cm³/mol. The van der Waals surface area contributed by atoms with Crippen molar-refractivity contribution in [1.82, 2.24) is 10.6 Å². The highest BCUT2D eigenvalue weighted by atomic mass is 16.6. The van der Waals surface area contributed by atoms with E-state index >= 15 is 0 Å². The molecule has 1 rings (SSSR count). The van der Waals surface area contributed by atoms with Crippen LogP contribution in [-0.4, -0.2) is 57.8 Å². The average Bonchev–Trinajstić information content (AvgIpc) is 2.54. The van der Waals surface area contributed by atoms with Crippen LogP contribution in [0.4, 0.5) is 4.79 Å². The van der Waals surface area contributed by atoms with E-state index in [2.05, 4.69) is 10.6 Å². The van der Waals surface area contributed by atoms with E-state index in [1.54, 1.807) is 7.11 Å². The van der Waals surface area contributed by atoms with Gasteiger partial charge in [-0.1, -0.05) is 12.8 Å². The molecule has 2 unspecified atom stereocenters. The lowest BCUT2D eigenvalue weighted by atomic mass is 9.84. The quantitative estimate of drug-likeness (QED) is 0.556. The maximum atomic E-state index is 11.8. The van der Waals surface area contributed by atoms with Crippen molar-refractivity contribution in [2.45, 2.75) is 70.9 Å². The molecule has 1 aliphatic rings. The summed E-state index contributed by atoms with van der Waals surface area (Å²) in [7, 11) is 1.69. The lowest BCUT2D eigenvalue weighted by Gasteiger charge is -2.33. The number of hydrogen-bond donors (Lipinski definition) is 2. The van der Waals surface area contributed by atoms with Crippen molar-refractivity contribution in [3.05, 3.63) is 0 Å². The number of methoxy groups -OCH3 is 1. The molecule has 2 atom stereocenters. The van der Waals surface area contributed by atoms with Gasteiger partial charge >= 0.3 is 6.09 Å². The van der Waals surface area contributed by atoms with E-state index in [1.165, 1.54) is 19.3 Å². The van der Waals surface area contributed by atoms with Crippen molar-refractivity contribution in [3.8, 4) is 0 Å². The van der Waals surface area contributed by atoms with Crippen LogP contribution in [0.15, 0.2) is 0 Å². The molecule has 0 aliphatic heterocycles. The molecule has 25 heavy (non-hydrogen) atoms.